The molecule has 0 saturated heterocycles. The Kier molecular flexibility index (Phi) is 5.00. The van der Waals surface area contributed by atoms with Gasteiger partial charge in [0.05, 0.1) is 7.11 Å². The largest absolute Gasteiger partial charge is 0.444 e. The highest BCUT2D eigenvalue weighted by atomic mass is 16.7. The van der Waals surface area contributed by atoms with Crippen LogP contribution in [0.3, 0.4) is 0 Å². The van der Waals surface area contributed by atoms with Crippen molar-refractivity contribution in [3.63, 3.8) is 0 Å². The second kappa shape index (κ2) is 6.44. The summed E-state index contributed by atoms with van der Waals surface area (Å²) < 4.78 is 5.27. The predicted octanol–water partition coefficient (Wildman–Crippen LogP) is 2.34. The normalized spacial score (nSPS) is 27.8. The van der Waals surface area contributed by atoms with E-state index in [9.17, 15) is 9.59 Å². The fourth-order valence-corrected chi connectivity index (χ4v) is 3.57. The topological polar surface area (TPSA) is 67.9 Å². The monoisotopic (exact) mass is 312 g/mol. The molecule has 2 fully saturated rings. The third kappa shape index (κ3) is 4.12. The molecule has 1 N–H and O–H groups in total. The van der Waals surface area contributed by atoms with Crippen LogP contribution in [0.2, 0.25) is 0 Å². The van der Waals surface area contributed by atoms with E-state index in [1.165, 1.54) is 31.4 Å². The second-order valence-electron chi connectivity index (χ2n) is 7.38. The summed E-state index contributed by atoms with van der Waals surface area (Å²) in [6, 6.07) is -0.588. The lowest BCUT2D eigenvalue weighted by Crippen LogP contribution is -2.48. The van der Waals surface area contributed by atoms with Crippen molar-refractivity contribution in [2.75, 3.05) is 14.2 Å². The van der Waals surface area contributed by atoms with Gasteiger partial charge in [-0.1, -0.05) is 6.42 Å². The Balaban J connectivity index is 1.95. The molecule has 0 bridgehead atoms. The molecule has 22 heavy (non-hydrogen) atoms. The maximum absolute atomic E-state index is 12.4. The van der Waals surface area contributed by atoms with Gasteiger partial charge in [0.15, 0.2) is 0 Å². The van der Waals surface area contributed by atoms with Crippen molar-refractivity contribution in [3.05, 3.63) is 0 Å². The molecule has 0 unspecified atom stereocenters. The maximum Gasteiger partial charge on any atom is 0.408 e. The molecule has 0 aliphatic heterocycles. The number of hydrogen-bond acceptors (Lipinski definition) is 4. The van der Waals surface area contributed by atoms with Crippen LogP contribution in [0.1, 0.15) is 46.5 Å². The van der Waals surface area contributed by atoms with Crippen molar-refractivity contribution in [1.82, 2.24) is 10.4 Å². The van der Waals surface area contributed by atoms with E-state index in [1.807, 2.05) is 0 Å². The lowest BCUT2D eigenvalue weighted by molar-refractivity contribution is -0.171. The number of carbonyl (C=O) groups is 2. The average molecular weight is 312 g/mol. The minimum atomic E-state index is -0.588. The van der Waals surface area contributed by atoms with E-state index in [2.05, 4.69) is 5.32 Å². The summed E-state index contributed by atoms with van der Waals surface area (Å²) in [5.74, 6) is 1.79. The molecule has 6 nitrogen and oxygen atoms in total. The molecule has 6 heteroatoms. The Bertz CT molecular complexity index is 422. The number of likely N-dealkylation sites (N-methyl/N-ethyl adjacent to an activating group) is 1. The first-order valence-electron chi connectivity index (χ1n) is 8.04. The molecular formula is C16H28N2O4. The smallest absolute Gasteiger partial charge is 0.408 e. The van der Waals surface area contributed by atoms with Gasteiger partial charge in [0.2, 0.25) is 0 Å². The Morgan fingerprint density at radius 2 is 1.86 bits per heavy atom. The Hall–Kier alpha value is -1.30. The summed E-state index contributed by atoms with van der Waals surface area (Å²) in [7, 11) is 2.99. The molecular weight excluding hydrogens is 284 g/mol. The molecule has 0 aromatic carbocycles. The minimum absolute atomic E-state index is 0.238. The highest BCUT2D eigenvalue weighted by Crippen LogP contribution is 2.59. The lowest BCUT2D eigenvalue weighted by atomic mass is 10.0. The molecule has 2 aliphatic carbocycles. The molecule has 126 valence electrons. The number of nitrogens with zero attached hydrogens (tertiary/aromatic N) is 1. The Morgan fingerprint density at radius 1 is 1.27 bits per heavy atom. The van der Waals surface area contributed by atoms with Crippen LogP contribution >= 0.6 is 0 Å². The number of rotatable bonds is 5. The van der Waals surface area contributed by atoms with Gasteiger partial charge < -0.3 is 10.1 Å². The Labute approximate surface area is 132 Å². The molecule has 0 spiro atoms. The number of hydroxylamine groups is 2. The van der Waals surface area contributed by atoms with E-state index >= 15 is 0 Å². The Morgan fingerprint density at radius 3 is 2.36 bits per heavy atom. The van der Waals surface area contributed by atoms with E-state index in [4.69, 9.17) is 9.57 Å². The number of hydrogen-bond donors (Lipinski definition) is 1. The van der Waals surface area contributed by atoms with Crippen molar-refractivity contribution in [2.24, 2.45) is 17.8 Å². The van der Waals surface area contributed by atoms with Crippen molar-refractivity contribution in [3.8, 4) is 0 Å². The zero-order valence-electron chi connectivity index (χ0n) is 14.2. The summed E-state index contributed by atoms with van der Waals surface area (Å²) in [6.45, 7) is 5.40. The minimum Gasteiger partial charge on any atom is -0.444 e. The first-order valence-corrected chi connectivity index (χ1v) is 8.04. The molecule has 0 radical (unpaired) electrons. The SMILES string of the molecule is CON(C)C(=O)[C@H](C[C@@H]1[C@@H]2CCC[C@@H]21)NC(=O)OC(C)(C)C. The van der Waals surface area contributed by atoms with Gasteiger partial charge in [-0.15, -0.1) is 0 Å². The van der Waals surface area contributed by atoms with Crippen LogP contribution in [0.25, 0.3) is 0 Å². The van der Waals surface area contributed by atoms with Crippen molar-refractivity contribution >= 4 is 12.0 Å². The van der Waals surface area contributed by atoms with Crippen LogP contribution in [0.5, 0.6) is 0 Å². The van der Waals surface area contributed by atoms with E-state index in [-0.39, 0.29) is 5.91 Å². The molecule has 0 aromatic rings. The molecule has 0 heterocycles. The third-order valence-electron chi connectivity index (χ3n) is 4.67. The summed E-state index contributed by atoms with van der Waals surface area (Å²) in [5, 5.41) is 3.88. The summed E-state index contributed by atoms with van der Waals surface area (Å²) in [6.07, 6.45) is 3.91. The molecule has 2 aliphatic rings. The van der Waals surface area contributed by atoms with Gasteiger partial charge in [0.1, 0.15) is 11.6 Å². The van der Waals surface area contributed by atoms with Crippen molar-refractivity contribution in [2.45, 2.75) is 58.1 Å². The summed E-state index contributed by atoms with van der Waals surface area (Å²) in [4.78, 5) is 29.3. The van der Waals surface area contributed by atoms with Crippen LogP contribution in [-0.2, 0) is 14.4 Å². The molecule has 4 atom stereocenters. The molecule has 2 rings (SSSR count). The number of amides is 2. The third-order valence-corrected chi connectivity index (χ3v) is 4.67. The van der Waals surface area contributed by atoms with Gasteiger partial charge in [-0.25, -0.2) is 9.86 Å². The van der Waals surface area contributed by atoms with E-state index in [0.717, 1.165) is 11.8 Å². The first-order chi connectivity index (χ1) is 10.2. The van der Waals surface area contributed by atoms with Crippen LogP contribution in [0.15, 0.2) is 0 Å². The summed E-state index contributed by atoms with van der Waals surface area (Å²) >= 11 is 0. The predicted molar refractivity (Wildman–Crippen MR) is 81.9 cm³/mol. The highest BCUT2D eigenvalue weighted by molar-refractivity contribution is 5.85. The maximum atomic E-state index is 12.4. The van der Waals surface area contributed by atoms with Crippen molar-refractivity contribution in [1.29, 1.82) is 0 Å². The van der Waals surface area contributed by atoms with Crippen molar-refractivity contribution < 1.29 is 19.2 Å². The van der Waals surface area contributed by atoms with Crippen LogP contribution < -0.4 is 5.32 Å². The van der Waals surface area contributed by atoms with Gasteiger partial charge >= 0.3 is 6.09 Å². The fraction of sp³-hybridized carbons (Fsp3) is 0.875. The van der Waals surface area contributed by atoms with Gasteiger partial charge in [0.25, 0.3) is 5.91 Å². The van der Waals surface area contributed by atoms with Crippen LogP contribution in [0.4, 0.5) is 4.79 Å². The zero-order chi connectivity index (χ0) is 16.5. The summed E-state index contributed by atoms with van der Waals surface area (Å²) in [5.41, 5.74) is -0.582. The van der Waals surface area contributed by atoms with Crippen LogP contribution in [0, 0.1) is 17.8 Å². The van der Waals surface area contributed by atoms with Gasteiger partial charge in [-0.05, 0) is 57.8 Å². The molecule has 0 aromatic heterocycles. The van der Waals surface area contributed by atoms with Crippen LogP contribution in [-0.4, -0.2) is 42.9 Å². The quantitative estimate of drug-likeness (QED) is 0.791. The van der Waals surface area contributed by atoms with Gasteiger partial charge in [-0.2, -0.15) is 0 Å². The van der Waals surface area contributed by atoms with Gasteiger partial charge in [0, 0.05) is 7.05 Å². The fourth-order valence-electron chi connectivity index (χ4n) is 3.57. The number of fused-ring (bicyclic) bond motifs is 1. The molecule has 2 amide bonds. The number of alkyl carbamates (subject to hydrolysis) is 1. The molecule has 2 saturated carbocycles. The number of carbonyl (C=O) groups excluding carboxylic acids is 2. The highest BCUT2D eigenvalue weighted by Gasteiger charge is 2.53. The van der Waals surface area contributed by atoms with E-state index in [0.29, 0.717) is 12.3 Å². The van der Waals surface area contributed by atoms with Gasteiger partial charge in [-0.3, -0.25) is 9.63 Å². The number of nitrogens with one attached hydrogen (secondary N) is 1. The average Bonchev–Trinajstić information content (AvgIpc) is 2.85. The van der Waals surface area contributed by atoms with E-state index in [1.54, 1.807) is 27.8 Å². The second-order valence-corrected chi connectivity index (χ2v) is 7.38. The number of ether oxygens (including phenoxy) is 1. The first kappa shape index (κ1) is 17.1. The van der Waals surface area contributed by atoms with E-state index < -0.39 is 17.7 Å². The zero-order valence-corrected chi connectivity index (χ0v) is 14.2. The lowest BCUT2D eigenvalue weighted by Gasteiger charge is -2.25. The standard InChI is InChI=1S/C16H28N2O4/c1-16(2,3)22-15(20)17-13(14(19)18(4)21-5)9-12-10-7-6-8-11(10)12/h10-13H,6-9H2,1-5H3,(H,17,20)/t10-,11+,12-,13-/m0/s1.